The Morgan fingerprint density at radius 2 is 2.12 bits per heavy atom. The predicted octanol–water partition coefficient (Wildman–Crippen LogP) is 1.79. The van der Waals surface area contributed by atoms with Gasteiger partial charge in [0.25, 0.3) is 0 Å². The first-order valence-corrected chi connectivity index (χ1v) is 8.77. The highest BCUT2D eigenvalue weighted by Gasteiger charge is 2.44. The second-order valence-corrected chi connectivity index (χ2v) is 7.29. The van der Waals surface area contributed by atoms with Crippen LogP contribution < -0.4 is 4.90 Å². The molecule has 130 valence electrons. The van der Waals surface area contributed by atoms with Gasteiger partial charge in [-0.2, -0.15) is 5.26 Å². The molecule has 2 aromatic heterocycles. The zero-order valence-corrected chi connectivity index (χ0v) is 14.5. The average molecular weight is 338 g/mol. The van der Waals surface area contributed by atoms with Crippen molar-refractivity contribution in [1.82, 2.24) is 19.9 Å². The number of anilines is 1. The third kappa shape index (κ3) is 2.62. The average Bonchev–Trinajstić information content (AvgIpc) is 3.32. The van der Waals surface area contributed by atoms with Crippen LogP contribution in [0.5, 0.6) is 0 Å². The largest absolute Gasteiger partial charge is 0.356 e. The number of fused-ring (bicyclic) bond motifs is 2. The number of rotatable bonds is 3. The number of aromatic amines is 1. The Bertz CT molecular complexity index is 825. The van der Waals surface area contributed by atoms with Gasteiger partial charge < -0.3 is 14.8 Å². The standard InChI is InChI=1S/C18H22N6O/c1-11(7-19)18(25)24-8-12-5-14(6-13(12)9-24)23(2)17-15-3-4-20-16(15)21-10-22-17/h3-4,10-14H,5-6,8-9H2,1-2H3,(H,20,21,22)/t11?,12-,13+,14-. The fraction of sp³-hybridized carbons (Fsp3) is 0.556. The van der Waals surface area contributed by atoms with Gasteiger partial charge in [0.2, 0.25) is 5.91 Å². The summed E-state index contributed by atoms with van der Waals surface area (Å²) in [5.41, 5.74) is 0.859. The molecule has 4 atom stereocenters. The van der Waals surface area contributed by atoms with Crippen LogP contribution in [0.15, 0.2) is 18.6 Å². The molecule has 2 aromatic rings. The van der Waals surface area contributed by atoms with Crippen molar-refractivity contribution in [2.24, 2.45) is 17.8 Å². The Morgan fingerprint density at radius 1 is 1.40 bits per heavy atom. The second kappa shape index (κ2) is 6.03. The Balaban J connectivity index is 1.46. The van der Waals surface area contributed by atoms with E-state index in [9.17, 15) is 4.79 Å². The molecule has 3 heterocycles. The molecule has 1 saturated carbocycles. The van der Waals surface area contributed by atoms with Gasteiger partial charge in [-0.05, 0) is 37.7 Å². The second-order valence-electron chi connectivity index (χ2n) is 7.29. The van der Waals surface area contributed by atoms with Crippen molar-refractivity contribution < 1.29 is 4.79 Å². The van der Waals surface area contributed by atoms with Crippen LogP contribution in [0.2, 0.25) is 0 Å². The first-order valence-electron chi connectivity index (χ1n) is 8.77. The van der Waals surface area contributed by atoms with E-state index in [1.807, 2.05) is 17.2 Å². The van der Waals surface area contributed by atoms with E-state index in [2.05, 4.69) is 33.0 Å². The molecule has 2 fully saturated rings. The van der Waals surface area contributed by atoms with Crippen LogP contribution in [0.1, 0.15) is 19.8 Å². The van der Waals surface area contributed by atoms with Crippen LogP contribution in [-0.4, -0.2) is 51.9 Å². The fourth-order valence-corrected chi connectivity index (χ4v) is 4.41. The van der Waals surface area contributed by atoms with E-state index in [0.717, 1.165) is 42.8 Å². The normalized spacial score (nSPS) is 26.4. The number of hydrogen-bond acceptors (Lipinski definition) is 5. The van der Waals surface area contributed by atoms with Crippen LogP contribution in [0.25, 0.3) is 11.0 Å². The van der Waals surface area contributed by atoms with Crippen molar-refractivity contribution in [3.63, 3.8) is 0 Å². The molecule has 0 aromatic carbocycles. The lowest BCUT2D eigenvalue weighted by Crippen LogP contribution is -2.36. The van der Waals surface area contributed by atoms with Gasteiger partial charge in [0.05, 0.1) is 11.5 Å². The van der Waals surface area contributed by atoms with Crippen LogP contribution >= 0.6 is 0 Å². The van der Waals surface area contributed by atoms with Gasteiger partial charge in [0.15, 0.2) is 0 Å². The third-order valence-corrected chi connectivity index (χ3v) is 5.82. The fourth-order valence-electron chi connectivity index (χ4n) is 4.41. The van der Waals surface area contributed by atoms with Crippen molar-refractivity contribution >= 4 is 22.8 Å². The van der Waals surface area contributed by atoms with E-state index in [4.69, 9.17) is 5.26 Å². The van der Waals surface area contributed by atoms with Gasteiger partial charge in [-0.15, -0.1) is 0 Å². The molecule has 1 unspecified atom stereocenters. The number of hydrogen-bond donors (Lipinski definition) is 1. The summed E-state index contributed by atoms with van der Waals surface area (Å²) in [7, 11) is 2.10. The molecule has 7 heteroatoms. The van der Waals surface area contributed by atoms with Crippen molar-refractivity contribution in [3.05, 3.63) is 18.6 Å². The summed E-state index contributed by atoms with van der Waals surface area (Å²) in [5.74, 6) is 1.44. The molecule has 7 nitrogen and oxygen atoms in total. The number of likely N-dealkylation sites (tertiary alicyclic amines) is 1. The van der Waals surface area contributed by atoms with Gasteiger partial charge in [-0.25, -0.2) is 9.97 Å². The van der Waals surface area contributed by atoms with Crippen molar-refractivity contribution in [1.29, 1.82) is 5.26 Å². The van der Waals surface area contributed by atoms with Crippen molar-refractivity contribution in [3.8, 4) is 6.07 Å². The summed E-state index contributed by atoms with van der Waals surface area (Å²) in [6.07, 6.45) is 5.60. The van der Waals surface area contributed by atoms with E-state index in [-0.39, 0.29) is 5.91 Å². The molecule has 1 aliphatic heterocycles. The minimum Gasteiger partial charge on any atom is -0.356 e. The number of amides is 1. The molecule has 1 N–H and O–H groups in total. The van der Waals surface area contributed by atoms with Crippen molar-refractivity contribution in [2.75, 3.05) is 25.0 Å². The number of nitrogens with one attached hydrogen (secondary N) is 1. The summed E-state index contributed by atoms with van der Waals surface area (Å²) >= 11 is 0. The molecule has 0 spiro atoms. The molecule has 0 radical (unpaired) electrons. The lowest BCUT2D eigenvalue weighted by molar-refractivity contribution is -0.132. The zero-order valence-electron chi connectivity index (χ0n) is 14.5. The molecule has 1 amide bonds. The van der Waals surface area contributed by atoms with Gasteiger partial charge >= 0.3 is 0 Å². The smallest absolute Gasteiger partial charge is 0.239 e. The van der Waals surface area contributed by atoms with Crippen LogP contribution in [0.3, 0.4) is 0 Å². The highest BCUT2D eigenvalue weighted by Crippen LogP contribution is 2.41. The number of carbonyl (C=O) groups excluding carboxylic acids is 1. The maximum Gasteiger partial charge on any atom is 0.239 e. The van der Waals surface area contributed by atoms with Gasteiger partial charge in [-0.1, -0.05) is 0 Å². The van der Waals surface area contributed by atoms with E-state index in [1.165, 1.54) is 0 Å². The minimum absolute atomic E-state index is 0.0216. The predicted molar refractivity (Wildman–Crippen MR) is 93.7 cm³/mol. The van der Waals surface area contributed by atoms with Crippen LogP contribution in [0, 0.1) is 29.1 Å². The summed E-state index contributed by atoms with van der Waals surface area (Å²) in [4.78, 5) is 28.3. The summed E-state index contributed by atoms with van der Waals surface area (Å²) in [6.45, 7) is 3.25. The first-order chi connectivity index (χ1) is 12.1. The Morgan fingerprint density at radius 3 is 2.80 bits per heavy atom. The highest BCUT2D eigenvalue weighted by molar-refractivity contribution is 5.87. The Hall–Kier alpha value is -2.62. The third-order valence-electron chi connectivity index (χ3n) is 5.82. The quantitative estimate of drug-likeness (QED) is 0.921. The molecule has 1 saturated heterocycles. The van der Waals surface area contributed by atoms with Crippen LogP contribution in [0.4, 0.5) is 5.82 Å². The molecule has 4 rings (SSSR count). The molecule has 2 aliphatic rings. The summed E-state index contributed by atoms with van der Waals surface area (Å²) < 4.78 is 0. The number of carbonyl (C=O) groups is 1. The van der Waals surface area contributed by atoms with Gasteiger partial charge in [-0.3, -0.25) is 4.79 Å². The SMILES string of the molecule is CC(C#N)C(=O)N1C[C@H]2C[C@@H](N(C)c3ncnc4[nH]ccc34)C[C@H]2C1. The lowest BCUT2D eigenvalue weighted by Gasteiger charge is -2.28. The molecular formula is C18H22N6O. The zero-order chi connectivity index (χ0) is 17.6. The Kier molecular flexibility index (Phi) is 3.83. The Labute approximate surface area is 146 Å². The first kappa shape index (κ1) is 15.9. The van der Waals surface area contributed by atoms with E-state index in [1.54, 1.807) is 13.3 Å². The van der Waals surface area contributed by atoms with Crippen LogP contribution in [-0.2, 0) is 4.79 Å². The minimum atomic E-state index is -0.541. The summed E-state index contributed by atoms with van der Waals surface area (Å²) in [6, 6.07) is 4.49. The number of nitriles is 1. The maximum atomic E-state index is 12.2. The topological polar surface area (TPSA) is 88.9 Å². The molecule has 1 aliphatic carbocycles. The number of nitrogens with zero attached hydrogens (tertiary/aromatic N) is 5. The number of aromatic nitrogens is 3. The van der Waals surface area contributed by atoms with Gasteiger partial charge in [0.1, 0.15) is 23.7 Å². The molecular weight excluding hydrogens is 316 g/mol. The van der Waals surface area contributed by atoms with E-state index >= 15 is 0 Å². The maximum absolute atomic E-state index is 12.2. The van der Waals surface area contributed by atoms with Crippen molar-refractivity contribution in [2.45, 2.75) is 25.8 Å². The summed E-state index contributed by atoms with van der Waals surface area (Å²) in [5, 5.41) is 10.0. The highest BCUT2D eigenvalue weighted by atomic mass is 16.2. The monoisotopic (exact) mass is 338 g/mol. The number of H-pyrrole nitrogens is 1. The van der Waals surface area contributed by atoms with E-state index < -0.39 is 5.92 Å². The van der Waals surface area contributed by atoms with Gasteiger partial charge in [0, 0.05) is 32.4 Å². The molecule has 0 bridgehead atoms. The van der Waals surface area contributed by atoms with E-state index in [0.29, 0.717) is 17.9 Å². The lowest BCUT2D eigenvalue weighted by atomic mass is 10.0. The molecule has 25 heavy (non-hydrogen) atoms.